The summed E-state index contributed by atoms with van der Waals surface area (Å²) >= 11 is 9.44. The number of primary amides is 1. The number of carbonyl (C=O) groups excluding carboxylic acids is 2. The van der Waals surface area contributed by atoms with Crippen LogP contribution in [0.4, 0.5) is 4.79 Å². The Labute approximate surface area is 163 Å². The van der Waals surface area contributed by atoms with Gasteiger partial charge in [0.05, 0.1) is 0 Å². The number of benzene rings is 2. The van der Waals surface area contributed by atoms with Crippen LogP contribution < -0.4 is 15.8 Å². The van der Waals surface area contributed by atoms with Crippen molar-refractivity contribution in [3.63, 3.8) is 0 Å². The summed E-state index contributed by atoms with van der Waals surface area (Å²) in [5.41, 5.74) is 5.89. The van der Waals surface area contributed by atoms with E-state index in [-0.39, 0.29) is 12.2 Å². The summed E-state index contributed by atoms with van der Waals surface area (Å²) in [6.07, 6.45) is 1.31. The molecular formula is C18H13BrClN3O3. The summed E-state index contributed by atoms with van der Waals surface area (Å²) in [5.74, 6) is -0.454. The van der Waals surface area contributed by atoms with Crippen LogP contribution in [0.1, 0.15) is 11.1 Å². The summed E-state index contributed by atoms with van der Waals surface area (Å²) in [6, 6.07) is 13.1. The lowest BCUT2D eigenvalue weighted by atomic mass is 10.1. The van der Waals surface area contributed by atoms with Crippen LogP contribution in [-0.4, -0.2) is 11.9 Å². The number of nitrogens with two attached hydrogens (primary N) is 1. The van der Waals surface area contributed by atoms with Crippen molar-refractivity contribution in [2.45, 2.75) is 6.61 Å². The molecule has 6 nitrogen and oxygen atoms in total. The molecule has 26 heavy (non-hydrogen) atoms. The average Bonchev–Trinajstić information content (AvgIpc) is 2.59. The highest BCUT2D eigenvalue weighted by Crippen LogP contribution is 2.27. The number of nitrogens with zero attached hydrogens (tertiary/aromatic N) is 1. The van der Waals surface area contributed by atoms with Crippen LogP contribution in [0, 0.1) is 11.3 Å². The Kier molecular flexibility index (Phi) is 6.78. The zero-order valence-electron chi connectivity index (χ0n) is 13.3. The van der Waals surface area contributed by atoms with Crippen molar-refractivity contribution in [2.75, 3.05) is 0 Å². The van der Waals surface area contributed by atoms with Crippen molar-refractivity contribution < 1.29 is 14.3 Å². The Morgan fingerprint density at radius 2 is 2.04 bits per heavy atom. The van der Waals surface area contributed by atoms with Gasteiger partial charge in [0.25, 0.3) is 5.91 Å². The molecule has 0 heterocycles. The largest absolute Gasteiger partial charge is 0.488 e. The van der Waals surface area contributed by atoms with Gasteiger partial charge in [-0.15, -0.1) is 0 Å². The van der Waals surface area contributed by atoms with E-state index in [0.29, 0.717) is 16.3 Å². The zero-order valence-corrected chi connectivity index (χ0v) is 15.7. The monoisotopic (exact) mass is 433 g/mol. The maximum Gasteiger partial charge on any atom is 0.319 e. The molecule has 0 aliphatic rings. The Hall–Kier alpha value is -2.82. The van der Waals surface area contributed by atoms with Gasteiger partial charge in [-0.3, -0.25) is 10.1 Å². The van der Waals surface area contributed by atoms with Crippen molar-refractivity contribution >= 4 is 45.5 Å². The first-order valence-electron chi connectivity index (χ1n) is 7.29. The smallest absolute Gasteiger partial charge is 0.319 e. The second kappa shape index (κ2) is 9.04. The first kappa shape index (κ1) is 19.5. The molecule has 0 fully saturated rings. The van der Waals surface area contributed by atoms with E-state index in [1.54, 1.807) is 30.3 Å². The number of nitriles is 1. The number of imide groups is 1. The third-order valence-corrected chi connectivity index (χ3v) is 4.08. The molecule has 2 aromatic rings. The van der Waals surface area contributed by atoms with Crippen LogP contribution in [0.3, 0.4) is 0 Å². The molecule has 0 unspecified atom stereocenters. The third-order valence-electron chi connectivity index (χ3n) is 3.21. The van der Waals surface area contributed by atoms with Gasteiger partial charge in [-0.25, -0.2) is 4.79 Å². The van der Waals surface area contributed by atoms with Gasteiger partial charge in [0.15, 0.2) is 0 Å². The maximum atomic E-state index is 11.8. The number of ether oxygens (including phenoxy) is 1. The second-order valence-corrected chi connectivity index (χ2v) is 6.37. The Balaban J connectivity index is 2.31. The highest BCUT2D eigenvalue weighted by atomic mass is 79.9. The molecule has 0 bridgehead atoms. The van der Waals surface area contributed by atoms with Crippen LogP contribution in [0.25, 0.3) is 6.08 Å². The normalized spacial score (nSPS) is 10.7. The van der Waals surface area contributed by atoms with Gasteiger partial charge < -0.3 is 10.5 Å². The van der Waals surface area contributed by atoms with Crippen LogP contribution >= 0.6 is 27.5 Å². The SMILES string of the molecule is N#C/C(=C/c1cc(Br)ccc1OCc1ccccc1Cl)C(=O)NC(N)=O. The lowest BCUT2D eigenvalue weighted by Gasteiger charge is -2.11. The van der Waals surface area contributed by atoms with Crippen LogP contribution in [0.15, 0.2) is 52.5 Å². The number of rotatable bonds is 5. The van der Waals surface area contributed by atoms with Crippen LogP contribution in [-0.2, 0) is 11.4 Å². The van der Waals surface area contributed by atoms with Gasteiger partial charge in [0.1, 0.15) is 24.0 Å². The van der Waals surface area contributed by atoms with E-state index < -0.39 is 11.9 Å². The number of urea groups is 1. The van der Waals surface area contributed by atoms with Crippen LogP contribution in [0.2, 0.25) is 5.02 Å². The lowest BCUT2D eigenvalue weighted by Crippen LogP contribution is -2.35. The fourth-order valence-electron chi connectivity index (χ4n) is 2.02. The molecule has 8 heteroatoms. The zero-order chi connectivity index (χ0) is 19.1. The number of nitrogens with one attached hydrogen (secondary N) is 1. The molecule has 0 spiro atoms. The van der Waals surface area contributed by atoms with E-state index in [1.165, 1.54) is 6.08 Å². The standard InChI is InChI=1S/C18H13BrClN3O3/c19-14-5-6-16(26-10-11-3-1-2-4-15(11)20)12(8-14)7-13(9-21)17(24)23-18(22)25/h1-8H,10H2,(H3,22,23,24,25)/b13-7-. The minimum absolute atomic E-state index is 0.206. The highest BCUT2D eigenvalue weighted by molar-refractivity contribution is 9.10. The maximum absolute atomic E-state index is 11.8. The Bertz CT molecular complexity index is 922. The van der Waals surface area contributed by atoms with E-state index in [1.807, 2.05) is 23.5 Å². The van der Waals surface area contributed by atoms with Crippen molar-refractivity contribution in [2.24, 2.45) is 5.73 Å². The number of carbonyl (C=O) groups is 2. The minimum Gasteiger partial charge on any atom is -0.488 e. The molecule has 0 aliphatic heterocycles. The molecule has 3 N–H and O–H groups in total. The molecular weight excluding hydrogens is 422 g/mol. The fourth-order valence-corrected chi connectivity index (χ4v) is 2.59. The second-order valence-electron chi connectivity index (χ2n) is 5.05. The minimum atomic E-state index is -1.04. The molecule has 0 saturated carbocycles. The van der Waals surface area contributed by atoms with Gasteiger partial charge >= 0.3 is 6.03 Å². The quantitative estimate of drug-likeness (QED) is 0.552. The summed E-state index contributed by atoms with van der Waals surface area (Å²) in [5, 5.41) is 11.6. The van der Waals surface area contributed by atoms with Crippen LogP contribution in [0.5, 0.6) is 5.75 Å². The van der Waals surface area contributed by atoms with Crippen molar-refractivity contribution in [1.82, 2.24) is 5.32 Å². The predicted octanol–water partition coefficient (Wildman–Crippen LogP) is 3.78. The molecule has 0 saturated heterocycles. The summed E-state index contributed by atoms with van der Waals surface area (Å²) < 4.78 is 6.51. The van der Waals surface area contributed by atoms with Gasteiger partial charge in [-0.05, 0) is 30.3 Å². The van der Waals surface area contributed by atoms with Gasteiger partial charge in [0.2, 0.25) is 0 Å². The Morgan fingerprint density at radius 1 is 1.31 bits per heavy atom. The van der Waals surface area contributed by atoms with E-state index >= 15 is 0 Å². The van der Waals surface area contributed by atoms with Crippen molar-refractivity contribution in [3.8, 4) is 11.8 Å². The first-order chi connectivity index (χ1) is 12.4. The van der Waals surface area contributed by atoms with E-state index in [2.05, 4.69) is 15.9 Å². The molecule has 0 aliphatic carbocycles. The third kappa shape index (κ3) is 5.34. The molecule has 2 aromatic carbocycles. The Morgan fingerprint density at radius 3 is 2.69 bits per heavy atom. The van der Waals surface area contributed by atoms with Gasteiger partial charge in [0, 0.05) is 20.6 Å². The van der Waals surface area contributed by atoms with Gasteiger partial charge in [-0.1, -0.05) is 45.7 Å². The lowest BCUT2D eigenvalue weighted by molar-refractivity contribution is -0.115. The number of hydrogen-bond acceptors (Lipinski definition) is 4. The topological polar surface area (TPSA) is 105 Å². The van der Waals surface area contributed by atoms with E-state index in [4.69, 9.17) is 22.1 Å². The predicted molar refractivity (Wildman–Crippen MR) is 101 cm³/mol. The molecule has 0 radical (unpaired) electrons. The molecule has 0 aromatic heterocycles. The first-order valence-corrected chi connectivity index (χ1v) is 8.46. The molecule has 2 rings (SSSR count). The van der Waals surface area contributed by atoms with Gasteiger partial charge in [-0.2, -0.15) is 5.26 Å². The number of amides is 3. The summed E-state index contributed by atoms with van der Waals surface area (Å²) in [4.78, 5) is 22.6. The average molecular weight is 435 g/mol. The molecule has 3 amide bonds. The molecule has 132 valence electrons. The van der Waals surface area contributed by atoms with Crippen molar-refractivity contribution in [3.05, 3.63) is 68.7 Å². The number of halogens is 2. The molecule has 0 atom stereocenters. The van der Waals surface area contributed by atoms with Crippen molar-refractivity contribution in [1.29, 1.82) is 5.26 Å². The number of hydrogen-bond donors (Lipinski definition) is 2. The highest BCUT2D eigenvalue weighted by Gasteiger charge is 2.13. The van der Waals surface area contributed by atoms with E-state index in [0.717, 1.165) is 10.0 Å². The fraction of sp³-hybridized carbons (Fsp3) is 0.0556. The summed E-state index contributed by atoms with van der Waals surface area (Å²) in [7, 11) is 0. The summed E-state index contributed by atoms with van der Waals surface area (Å²) in [6.45, 7) is 0.206. The van der Waals surface area contributed by atoms with E-state index in [9.17, 15) is 14.9 Å².